The Bertz CT molecular complexity index is 680. The molecular weight excluding hydrogens is 292 g/mol. The standard InChI is InChI=1S/C18H22N2O3/c1-19-18(10-15(21)23-19)12-17-8-4-2-6-13(17)11-20-9-5-3-7-14(20)16(17)22-18/h5,9,11H,2-4,6-8,10,12H2,1H3. The van der Waals surface area contributed by atoms with E-state index in [-0.39, 0.29) is 11.4 Å². The molecule has 4 aliphatic heterocycles. The normalized spacial score (nSPS) is 38.9. The molecule has 0 amide bonds. The molecule has 5 aliphatic rings. The minimum absolute atomic E-state index is 0.0164. The van der Waals surface area contributed by atoms with E-state index in [1.54, 1.807) is 5.06 Å². The summed E-state index contributed by atoms with van der Waals surface area (Å²) < 4.78 is 6.57. The molecule has 0 aromatic heterocycles. The minimum Gasteiger partial charge on any atom is -0.470 e. The van der Waals surface area contributed by atoms with Crippen LogP contribution in [0.4, 0.5) is 0 Å². The summed E-state index contributed by atoms with van der Waals surface area (Å²) in [4.78, 5) is 19.4. The molecule has 0 N–H and O–H groups in total. The lowest BCUT2D eigenvalue weighted by molar-refractivity contribution is -0.215. The van der Waals surface area contributed by atoms with Crippen LogP contribution in [-0.2, 0) is 14.4 Å². The van der Waals surface area contributed by atoms with E-state index in [1.807, 2.05) is 7.05 Å². The molecule has 4 heterocycles. The Morgan fingerprint density at radius 2 is 2.17 bits per heavy atom. The molecule has 2 spiro atoms. The quantitative estimate of drug-likeness (QED) is 0.687. The lowest BCUT2D eigenvalue weighted by Gasteiger charge is -2.42. The fourth-order valence-corrected chi connectivity index (χ4v) is 5.03. The molecule has 0 aromatic carbocycles. The Hall–Kier alpha value is -1.75. The number of hydrogen-bond donors (Lipinski definition) is 0. The van der Waals surface area contributed by atoms with Gasteiger partial charge in [0.2, 0.25) is 5.72 Å². The highest BCUT2D eigenvalue weighted by atomic mass is 16.8. The van der Waals surface area contributed by atoms with Crippen LogP contribution in [0.3, 0.4) is 0 Å². The van der Waals surface area contributed by atoms with E-state index in [9.17, 15) is 4.79 Å². The van der Waals surface area contributed by atoms with Gasteiger partial charge in [-0.1, -0.05) is 17.6 Å². The second-order valence-electron chi connectivity index (χ2n) is 7.41. The second-order valence-corrected chi connectivity index (χ2v) is 7.41. The number of carbonyl (C=O) groups is 1. The van der Waals surface area contributed by atoms with Gasteiger partial charge in [-0.05, 0) is 37.7 Å². The van der Waals surface area contributed by atoms with Crippen LogP contribution < -0.4 is 0 Å². The van der Waals surface area contributed by atoms with Crippen molar-refractivity contribution in [3.05, 3.63) is 35.5 Å². The second kappa shape index (κ2) is 4.41. The van der Waals surface area contributed by atoms with Crippen LogP contribution >= 0.6 is 0 Å². The summed E-state index contributed by atoms with van der Waals surface area (Å²) in [6.07, 6.45) is 14.6. The molecule has 5 nitrogen and oxygen atoms in total. The van der Waals surface area contributed by atoms with Gasteiger partial charge >= 0.3 is 5.97 Å². The number of hydrogen-bond acceptors (Lipinski definition) is 5. The van der Waals surface area contributed by atoms with Crippen LogP contribution in [-0.4, -0.2) is 28.7 Å². The van der Waals surface area contributed by atoms with Gasteiger partial charge in [0.05, 0.1) is 11.1 Å². The van der Waals surface area contributed by atoms with Crippen LogP contribution in [0, 0.1) is 5.41 Å². The third-order valence-electron chi connectivity index (χ3n) is 6.13. The first-order chi connectivity index (χ1) is 11.1. The molecule has 0 radical (unpaired) electrons. The van der Waals surface area contributed by atoms with E-state index >= 15 is 0 Å². The summed E-state index contributed by atoms with van der Waals surface area (Å²) in [5, 5.41) is 1.66. The van der Waals surface area contributed by atoms with Crippen molar-refractivity contribution in [2.24, 2.45) is 5.41 Å². The Morgan fingerprint density at radius 3 is 3.00 bits per heavy atom. The van der Waals surface area contributed by atoms with E-state index in [0.29, 0.717) is 6.42 Å². The molecule has 3 fully saturated rings. The Balaban J connectivity index is 1.66. The van der Waals surface area contributed by atoms with Crippen LogP contribution in [0.15, 0.2) is 35.5 Å². The van der Waals surface area contributed by atoms with Gasteiger partial charge in [-0.25, -0.2) is 0 Å². The summed E-state index contributed by atoms with van der Waals surface area (Å²) in [7, 11) is 1.83. The zero-order chi connectivity index (χ0) is 15.7. The van der Waals surface area contributed by atoms with Gasteiger partial charge in [-0.3, -0.25) is 4.79 Å². The van der Waals surface area contributed by atoms with E-state index in [1.165, 1.54) is 24.1 Å². The van der Waals surface area contributed by atoms with Gasteiger partial charge in [-0.2, -0.15) is 0 Å². The molecule has 2 atom stereocenters. The first-order valence-electron chi connectivity index (χ1n) is 8.67. The van der Waals surface area contributed by atoms with Gasteiger partial charge in [0.1, 0.15) is 12.2 Å². The van der Waals surface area contributed by atoms with E-state index < -0.39 is 5.72 Å². The van der Waals surface area contributed by atoms with Crippen molar-refractivity contribution in [2.45, 2.75) is 57.1 Å². The maximum absolute atomic E-state index is 11.9. The molecule has 1 aliphatic carbocycles. The number of nitrogens with zero attached hydrogens (tertiary/aromatic N) is 2. The van der Waals surface area contributed by atoms with Gasteiger partial charge < -0.3 is 14.5 Å². The van der Waals surface area contributed by atoms with Gasteiger partial charge in [-0.15, -0.1) is 0 Å². The zero-order valence-corrected chi connectivity index (χ0v) is 13.5. The average Bonchev–Trinajstić information content (AvgIpc) is 3.01. The van der Waals surface area contributed by atoms with Crippen molar-refractivity contribution in [3.8, 4) is 0 Å². The first-order valence-corrected chi connectivity index (χ1v) is 8.67. The largest absolute Gasteiger partial charge is 0.470 e. The maximum atomic E-state index is 11.9. The van der Waals surface area contributed by atoms with Crippen LogP contribution in [0.2, 0.25) is 0 Å². The molecule has 23 heavy (non-hydrogen) atoms. The van der Waals surface area contributed by atoms with Gasteiger partial charge in [0, 0.05) is 25.9 Å². The van der Waals surface area contributed by atoms with Crippen LogP contribution in [0.5, 0.6) is 0 Å². The summed E-state index contributed by atoms with van der Waals surface area (Å²) in [6.45, 7) is 0. The number of carbonyl (C=O) groups excluding carboxylic acids is 1. The number of fused-ring (bicyclic) bond motifs is 1. The number of hydroxylamine groups is 2. The van der Waals surface area contributed by atoms with Crippen molar-refractivity contribution in [3.63, 3.8) is 0 Å². The highest BCUT2D eigenvalue weighted by Crippen LogP contribution is 2.63. The SMILES string of the molecule is CN1OC(=O)CC12CC13CCCCC1=CN1C=CCCC1=C3O2. The molecule has 122 valence electrons. The minimum atomic E-state index is -0.618. The summed E-state index contributed by atoms with van der Waals surface area (Å²) in [5.74, 6) is 0.930. The van der Waals surface area contributed by atoms with Crippen molar-refractivity contribution in [1.82, 2.24) is 9.96 Å². The highest BCUT2D eigenvalue weighted by molar-refractivity contribution is 5.72. The smallest absolute Gasteiger partial charge is 0.330 e. The fraction of sp³-hybridized carbons (Fsp3) is 0.611. The maximum Gasteiger partial charge on any atom is 0.330 e. The molecule has 0 bridgehead atoms. The summed E-state index contributed by atoms with van der Waals surface area (Å²) in [5.41, 5.74) is 2.12. The Morgan fingerprint density at radius 1 is 1.26 bits per heavy atom. The number of rotatable bonds is 0. The predicted octanol–water partition coefficient (Wildman–Crippen LogP) is 3.18. The monoisotopic (exact) mass is 314 g/mol. The molecule has 5 heteroatoms. The van der Waals surface area contributed by atoms with Crippen molar-refractivity contribution >= 4 is 5.97 Å². The van der Waals surface area contributed by atoms with Crippen molar-refractivity contribution < 1.29 is 14.4 Å². The van der Waals surface area contributed by atoms with Crippen LogP contribution in [0.1, 0.15) is 51.4 Å². The lowest BCUT2D eigenvalue weighted by atomic mass is 9.65. The highest BCUT2D eigenvalue weighted by Gasteiger charge is 2.63. The lowest BCUT2D eigenvalue weighted by Crippen LogP contribution is -2.41. The van der Waals surface area contributed by atoms with E-state index in [0.717, 1.165) is 37.9 Å². The van der Waals surface area contributed by atoms with E-state index in [2.05, 4.69) is 23.4 Å². The first kappa shape index (κ1) is 13.7. The zero-order valence-electron chi connectivity index (χ0n) is 13.5. The van der Waals surface area contributed by atoms with Crippen molar-refractivity contribution in [2.75, 3.05) is 7.05 Å². The molecule has 2 unspecified atom stereocenters. The molecule has 2 saturated heterocycles. The molecular formula is C18H22N2O3. The Labute approximate surface area is 136 Å². The molecule has 5 rings (SSSR count). The summed E-state index contributed by atoms with van der Waals surface area (Å²) >= 11 is 0. The number of ether oxygens (including phenoxy) is 1. The fourth-order valence-electron chi connectivity index (χ4n) is 5.03. The Kier molecular flexibility index (Phi) is 2.62. The third-order valence-corrected chi connectivity index (χ3v) is 6.13. The van der Waals surface area contributed by atoms with Gasteiger partial charge in [0.25, 0.3) is 0 Å². The van der Waals surface area contributed by atoms with Crippen molar-refractivity contribution in [1.29, 1.82) is 0 Å². The summed E-state index contributed by atoms with van der Waals surface area (Å²) in [6, 6.07) is 0. The topological polar surface area (TPSA) is 42.0 Å². The average molecular weight is 314 g/mol. The van der Waals surface area contributed by atoms with E-state index in [4.69, 9.17) is 9.57 Å². The molecule has 0 aromatic rings. The molecule has 1 saturated carbocycles. The third kappa shape index (κ3) is 1.69. The van der Waals surface area contributed by atoms with Gasteiger partial charge in [0.15, 0.2) is 0 Å². The van der Waals surface area contributed by atoms with Crippen LogP contribution in [0.25, 0.3) is 0 Å². The number of allylic oxidation sites excluding steroid dienone is 3. The predicted molar refractivity (Wildman–Crippen MR) is 83.1 cm³/mol.